The van der Waals surface area contributed by atoms with E-state index in [2.05, 4.69) is 15.2 Å². The minimum absolute atomic E-state index is 0.337. The summed E-state index contributed by atoms with van der Waals surface area (Å²) in [5, 5.41) is 18.1. The average molecular weight is 466 g/mol. The predicted octanol–water partition coefficient (Wildman–Crippen LogP) is 4.66. The number of halogens is 4. The molecule has 0 saturated carbocycles. The molecule has 0 aliphatic heterocycles. The van der Waals surface area contributed by atoms with Gasteiger partial charge < -0.3 is 10.1 Å². The zero-order chi connectivity index (χ0) is 24.3. The maximum absolute atomic E-state index is 13.2. The van der Waals surface area contributed by atoms with E-state index in [0.29, 0.717) is 16.9 Å². The molecule has 0 spiro atoms. The fourth-order valence-corrected chi connectivity index (χ4v) is 3.15. The molecule has 8 nitrogen and oxygen atoms in total. The Morgan fingerprint density at radius 1 is 1.24 bits per heavy atom. The summed E-state index contributed by atoms with van der Waals surface area (Å²) in [6.45, 7) is 1.74. The quantitative estimate of drug-likeness (QED) is 0.310. The molecular weight excluding hydrogens is 448 g/mol. The molecular formula is C21H18F4N4O4. The van der Waals surface area contributed by atoms with Gasteiger partial charge in [0.25, 0.3) is 11.6 Å². The molecule has 3 rings (SSSR count). The molecule has 1 unspecified atom stereocenters. The van der Waals surface area contributed by atoms with Crippen molar-refractivity contribution in [3.63, 3.8) is 0 Å². The zero-order valence-corrected chi connectivity index (χ0v) is 17.4. The molecule has 0 fully saturated rings. The molecule has 2 aromatic carbocycles. The highest BCUT2D eigenvalue weighted by atomic mass is 19.4. The molecule has 0 aliphatic rings. The van der Waals surface area contributed by atoms with Crippen molar-refractivity contribution in [3.05, 3.63) is 81.4 Å². The number of nitrogens with zero attached hydrogens (tertiary/aromatic N) is 3. The van der Waals surface area contributed by atoms with Crippen LogP contribution in [0, 0.1) is 22.9 Å². The van der Waals surface area contributed by atoms with E-state index in [9.17, 15) is 32.5 Å². The Morgan fingerprint density at radius 2 is 1.91 bits per heavy atom. The van der Waals surface area contributed by atoms with E-state index in [4.69, 9.17) is 0 Å². The van der Waals surface area contributed by atoms with Gasteiger partial charge >= 0.3 is 6.18 Å². The number of aromatic nitrogens is 2. The molecule has 33 heavy (non-hydrogen) atoms. The van der Waals surface area contributed by atoms with Gasteiger partial charge in [-0.2, -0.15) is 18.3 Å². The van der Waals surface area contributed by atoms with Crippen LogP contribution in [-0.4, -0.2) is 33.4 Å². The Balaban J connectivity index is 1.83. The number of ether oxygens (including phenoxy) is 1. The third-order valence-electron chi connectivity index (χ3n) is 4.74. The summed E-state index contributed by atoms with van der Waals surface area (Å²) in [4.78, 5) is 23.3. The first-order valence-electron chi connectivity index (χ1n) is 9.55. The Labute approximate surface area is 184 Å². The van der Waals surface area contributed by atoms with Gasteiger partial charge in [-0.25, -0.2) is 9.07 Å². The van der Waals surface area contributed by atoms with Gasteiger partial charge in [0, 0.05) is 17.3 Å². The molecule has 12 heteroatoms. The van der Waals surface area contributed by atoms with Crippen molar-refractivity contribution in [2.45, 2.75) is 26.1 Å². The molecule has 1 heterocycles. The molecule has 3 aromatic rings. The zero-order valence-electron chi connectivity index (χ0n) is 17.4. The van der Waals surface area contributed by atoms with Crippen molar-refractivity contribution in [1.29, 1.82) is 0 Å². The summed E-state index contributed by atoms with van der Waals surface area (Å²) >= 11 is 0. The minimum Gasteiger partial charge on any atom is -0.484 e. The first-order valence-corrected chi connectivity index (χ1v) is 9.55. The molecule has 0 bridgehead atoms. The smallest absolute Gasteiger partial charge is 0.422 e. The van der Waals surface area contributed by atoms with Gasteiger partial charge in [0.05, 0.1) is 22.8 Å². The Bertz CT molecular complexity index is 1180. The van der Waals surface area contributed by atoms with Crippen LogP contribution in [0.4, 0.5) is 23.2 Å². The van der Waals surface area contributed by atoms with Crippen LogP contribution >= 0.6 is 0 Å². The van der Waals surface area contributed by atoms with Crippen molar-refractivity contribution in [1.82, 2.24) is 15.1 Å². The molecule has 1 N–H and O–H groups in total. The van der Waals surface area contributed by atoms with Gasteiger partial charge in [-0.15, -0.1) is 0 Å². The van der Waals surface area contributed by atoms with Crippen LogP contribution in [0.1, 0.15) is 34.6 Å². The first-order chi connectivity index (χ1) is 15.5. The summed E-state index contributed by atoms with van der Waals surface area (Å²) in [7, 11) is 0. The van der Waals surface area contributed by atoms with Crippen molar-refractivity contribution >= 4 is 11.6 Å². The van der Waals surface area contributed by atoms with E-state index in [-0.39, 0.29) is 5.75 Å². The largest absolute Gasteiger partial charge is 0.484 e. The van der Waals surface area contributed by atoms with Gasteiger partial charge in [0.15, 0.2) is 6.61 Å². The van der Waals surface area contributed by atoms with Crippen LogP contribution in [0.15, 0.2) is 48.7 Å². The number of carbonyl (C=O) groups is 1. The van der Waals surface area contributed by atoms with Gasteiger partial charge in [-0.1, -0.05) is 0 Å². The van der Waals surface area contributed by atoms with Crippen LogP contribution in [-0.2, 0) is 0 Å². The molecule has 0 radical (unpaired) electrons. The fourth-order valence-electron chi connectivity index (χ4n) is 3.15. The fraction of sp³-hybridized carbons (Fsp3) is 0.238. The average Bonchev–Trinajstić information content (AvgIpc) is 3.13. The normalized spacial score (nSPS) is 12.3. The number of alkyl halides is 3. The van der Waals surface area contributed by atoms with E-state index in [1.54, 1.807) is 13.8 Å². The maximum atomic E-state index is 13.2. The molecule has 0 aliphatic carbocycles. The highest BCUT2D eigenvalue weighted by Gasteiger charge is 2.29. The van der Waals surface area contributed by atoms with Crippen LogP contribution in [0.25, 0.3) is 5.69 Å². The van der Waals surface area contributed by atoms with Crippen molar-refractivity contribution < 1.29 is 32.0 Å². The van der Waals surface area contributed by atoms with Crippen LogP contribution in [0.5, 0.6) is 5.75 Å². The minimum atomic E-state index is -4.61. The van der Waals surface area contributed by atoms with Gasteiger partial charge in [-0.3, -0.25) is 14.9 Å². The number of nitro groups is 1. The first kappa shape index (κ1) is 23.7. The number of nitrogens with one attached hydrogen (secondary N) is 1. The summed E-state index contributed by atoms with van der Waals surface area (Å²) in [6, 6.07) is 7.72. The lowest BCUT2D eigenvalue weighted by Crippen LogP contribution is -2.27. The van der Waals surface area contributed by atoms with E-state index < -0.39 is 46.7 Å². The summed E-state index contributed by atoms with van der Waals surface area (Å²) in [5.74, 6) is -1.62. The highest BCUT2D eigenvalue weighted by Crippen LogP contribution is 2.27. The van der Waals surface area contributed by atoms with Crippen molar-refractivity contribution in [2.75, 3.05) is 6.61 Å². The lowest BCUT2D eigenvalue weighted by Gasteiger charge is -2.15. The van der Waals surface area contributed by atoms with Crippen molar-refractivity contribution in [3.8, 4) is 11.4 Å². The highest BCUT2D eigenvalue weighted by molar-refractivity contribution is 5.98. The molecule has 174 valence electrons. The summed E-state index contributed by atoms with van der Waals surface area (Å²) in [6.07, 6.45) is -3.12. The monoisotopic (exact) mass is 466 g/mol. The molecule has 1 aromatic heterocycles. The Hall–Kier alpha value is -3.96. The number of rotatable bonds is 7. The lowest BCUT2D eigenvalue weighted by atomic mass is 10.1. The number of nitro benzene ring substituents is 1. The van der Waals surface area contributed by atoms with E-state index >= 15 is 0 Å². The van der Waals surface area contributed by atoms with E-state index in [1.165, 1.54) is 35.1 Å². The van der Waals surface area contributed by atoms with Crippen LogP contribution < -0.4 is 10.1 Å². The second kappa shape index (κ2) is 9.27. The van der Waals surface area contributed by atoms with Gasteiger partial charge in [0.1, 0.15) is 17.1 Å². The topological polar surface area (TPSA) is 99.3 Å². The second-order valence-corrected chi connectivity index (χ2v) is 7.11. The lowest BCUT2D eigenvalue weighted by molar-refractivity contribution is -0.385. The predicted molar refractivity (Wildman–Crippen MR) is 109 cm³/mol. The number of hydrogen-bond acceptors (Lipinski definition) is 5. The van der Waals surface area contributed by atoms with Crippen LogP contribution in [0.3, 0.4) is 0 Å². The molecule has 1 atom stereocenters. The Morgan fingerprint density at radius 3 is 2.52 bits per heavy atom. The number of carbonyl (C=O) groups excluding carboxylic acids is 1. The Kier molecular flexibility index (Phi) is 6.65. The summed E-state index contributed by atoms with van der Waals surface area (Å²) in [5.41, 5.74) is 0.766. The van der Waals surface area contributed by atoms with Gasteiger partial charge in [-0.05, 0) is 50.2 Å². The van der Waals surface area contributed by atoms with E-state index in [0.717, 1.165) is 18.2 Å². The number of amides is 1. The standard InChI is InChI=1S/C21H18F4N4O4/c1-12(18-10-26-28(13(18)2)15-5-3-14(22)4-6-15)27-20(30)17-9-16(33-11-21(23,24)25)7-8-19(17)29(31)32/h3-10,12H,11H2,1-2H3,(H,27,30). The molecule has 1 amide bonds. The number of benzene rings is 2. The second-order valence-electron chi connectivity index (χ2n) is 7.11. The third-order valence-corrected chi connectivity index (χ3v) is 4.74. The maximum Gasteiger partial charge on any atom is 0.422 e. The van der Waals surface area contributed by atoms with Crippen molar-refractivity contribution in [2.24, 2.45) is 0 Å². The van der Waals surface area contributed by atoms with E-state index in [1.807, 2.05) is 0 Å². The van der Waals surface area contributed by atoms with Gasteiger partial charge in [0.2, 0.25) is 0 Å². The summed E-state index contributed by atoms with van der Waals surface area (Å²) < 4.78 is 56.5. The third kappa shape index (κ3) is 5.64. The molecule has 0 saturated heterocycles. The van der Waals surface area contributed by atoms with Crippen LogP contribution in [0.2, 0.25) is 0 Å². The SMILES string of the molecule is Cc1c(C(C)NC(=O)c2cc(OCC(F)(F)F)ccc2[N+](=O)[O-])cnn1-c1ccc(F)cc1. The number of hydrogen-bond donors (Lipinski definition) is 1.